The Bertz CT molecular complexity index is 527. The quantitative estimate of drug-likeness (QED) is 0.824. The Kier molecular flexibility index (Phi) is 3.14. The number of nitrogens with two attached hydrogens (primary N) is 1. The van der Waals surface area contributed by atoms with Crippen LogP contribution in [0, 0.1) is 6.92 Å². The summed E-state index contributed by atoms with van der Waals surface area (Å²) in [5, 5.41) is 0. The van der Waals surface area contributed by atoms with E-state index in [9.17, 15) is 0 Å². The van der Waals surface area contributed by atoms with Gasteiger partial charge in [-0.2, -0.15) is 0 Å². The molecule has 0 bridgehead atoms. The standard InChI is InChI=1S/C13H14N2O2/c1-9-4-3-7-15-13(9)17-12-6-5-10(16-2)8-11(12)14/h3-8H,14H2,1-2H3. The number of aryl methyl sites for hydroxylation is 1. The number of rotatable bonds is 3. The molecule has 88 valence electrons. The van der Waals surface area contributed by atoms with E-state index >= 15 is 0 Å². The van der Waals surface area contributed by atoms with Crippen LogP contribution in [0.1, 0.15) is 5.56 Å². The van der Waals surface area contributed by atoms with Gasteiger partial charge >= 0.3 is 0 Å². The molecular formula is C13H14N2O2. The van der Waals surface area contributed by atoms with E-state index in [4.69, 9.17) is 15.2 Å². The molecule has 0 unspecified atom stereocenters. The second-order valence-corrected chi connectivity index (χ2v) is 3.63. The predicted molar refractivity (Wildman–Crippen MR) is 66.5 cm³/mol. The maximum absolute atomic E-state index is 5.86. The van der Waals surface area contributed by atoms with Crippen molar-refractivity contribution >= 4 is 5.69 Å². The summed E-state index contributed by atoms with van der Waals surface area (Å²) in [5.74, 6) is 1.84. The van der Waals surface area contributed by atoms with Crippen molar-refractivity contribution in [3.63, 3.8) is 0 Å². The monoisotopic (exact) mass is 230 g/mol. The van der Waals surface area contributed by atoms with Gasteiger partial charge in [0.05, 0.1) is 12.8 Å². The lowest BCUT2D eigenvalue weighted by atomic mass is 10.2. The normalized spacial score (nSPS) is 10.0. The molecule has 0 radical (unpaired) electrons. The molecule has 1 aromatic carbocycles. The summed E-state index contributed by atoms with van der Waals surface area (Å²) in [4.78, 5) is 4.15. The molecule has 2 aromatic rings. The number of nitrogens with zero attached hydrogens (tertiary/aromatic N) is 1. The van der Waals surface area contributed by atoms with Gasteiger partial charge in [-0.05, 0) is 25.1 Å². The Hall–Kier alpha value is -2.23. The number of anilines is 1. The second-order valence-electron chi connectivity index (χ2n) is 3.63. The van der Waals surface area contributed by atoms with Crippen molar-refractivity contribution in [1.29, 1.82) is 0 Å². The first-order valence-corrected chi connectivity index (χ1v) is 5.23. The summed E-state index contributed by atoms with van der Waals surface area (Å²) in [6.07, 6.45) is 1.68. The number of methoxy groups -OCH3 is 1. The molecule has 0 fully saturated rings. The van der Waals surface area contributed by atoms with Gasteiger partial charge in [0.15, 0.2) is 5.75 Å². The molecule has 2 rings (SSSR count). The Morgan fingerprint density at radius 1 is 1.24 bits per heavy atom. The largest absolute Gasteiger partial charge is 0.497 e. The molecule has 0 amide bonds. The first-order chi connectivity index (χ1) is 8.20. The van der Waals surface area contributed by atoms with Crippen molar-refractivity contribution in [2.45, 2.75) is 6.92 Å². The van der Waals surface area contributed by atoms with Gasteiger partial charge in [-0.15, -0.1) is 0 Å². The van der Waals surface area contributed by atoms with Crippen molar-refractivity contribution in [3.05, 3.63) is 42.1 Å². The molecule has 2 N–H and O–H groups in total. The van der Waals surface area contributed by atoms with Gasteiger partial charge in [0.2, 0.25) is 5.88 Å². The van der Waals surface area contributed by atoms with Gasteiger partial charge in [-0.3, -0.25) is 0 Å². The Labute approximate surface area is 100 Å². The van der Waals surface area contributed by atoms with Crippen LogP contribution in [0.4, 0.5) is 5.69 Å². The van der Waals surface area contributed by atoms with Crippen molar-refractivity contribution in [1.82, 2.24) is 4.98 Å². The number of benzene rings is 1. The van der Waals surface area contributed by atoms with E-state index in [1.807, 2.05) is 19.1 Å². The number of aromatic nitrogens is 1. The summed E-state index contributed by atoms with van der Waals surface area (Å²) in [5.41, 5.74) is 7.35. The molecular weight excluding hydrogens is 216 g/mol. The lowest BCUT2D eigenvalue weighted by molar-refractivity contribution is 0.412. The number of pyridine rings is 1. The smallest absolute Gasteiger partial charge is 0.222 e. The number of nitrogen functional groups attached to an aromatic ring is 1. The van der Waals surface area contributed by atoms with E-state index in [1.165, 1.54) is 0 Å². The zero-order valence-electron chi connectivity index (χ0n) is 9.81. The summed E-state index contributed by atoms with van der Waals surface area (Å²) in [7, 11) is 1.60. The van der Waals surface area contributed by atoms with E-state index in [-0.39, 0.29) is 0 Å². The average Bonchev–Trinajstić information content (AvgIpc) is 2.34. The third-order valence-corrected chi connectivity index (χ3v) is 2.39. The molecule has 1 aromatic heterocycles. The molecule has 0 aliphatic heterocycles. The first-order valence-electron chi connectivity index (χ1n) is 5.23. The maximum atomic E-state index is 5.86. The SMILES string of the molecule is COc1ccc(Oc2ncccc2C)c(N)c1. The summed E-state index contributed by atoms with van der Waals surface area (Å²) < 4.78 is 10.7. The van der Waals surface area contributed by atoms with Crippen LogP contribution in [0.15, 0.2) is 36.5 Å². The Morgan fingerprint density at radius 2 is 2.06 bits per heavy atom. The van der Waals surface area contributed by atoms with Crippen molar-refractivity contribution in [2.75, 3.05) is 12.8 Å². The summed E-state index contributed by atoms with van der Waals surface area (Å²) in [6, 6.07) is 9.07. The van der Waals surface area contributed by atoms with Crippen LogP contribution in [0.5, 0.6) is 17.4 Å². The van der Waals surface area contributed by atoms with Gasteiger partial charge in [0.1, 0.15) is 5.75 Å². The lowest BCUT2D eigenvalue weighted by Gasteiger charge is -2.10. The van der Waals surface area contributed by atoms with Crippen LogP contribution in [0.2, 0.25) is 0 Å². The molecule has 0 aliphatic carbocycles. The molecule has 0 aliphatic rings. The fourth-order valence-electron chi connectivity index (χ4n) is 1.43. The highest BCUT2D eigenvalue weighted by molar-refractivity contribution is 5.57. The molecule has 0 saturated heterocycles. The fourth-order valence-corrected chi connectivity index (χ4v) is 1.43. The Balaban J connectivity index is 2.28. The zero-order chi connectivity index (χ0) is 12.3. The highest BCUT2D eigenvalue weighted by Gasteiger charge is 2.06. The first kappa shape index (κ1) is 11.3. The second kappa shape index (κ2) is 4.74. The van der Waals surface area contributed by atoms with Crippen molar-refractivity contribution in [2.24, 2.45) is 0 Å². The van der Waals surface area contributed by atoms with Crippen LogP contribution >= 0.6 is 0 Å². The molecule has 0 atom stereocenters. The van der Waals surface area contributed by atoms with Gasteiger partial charge in [-0.1, -0.05) is 6.07 Å². The molecule has 0 spiro atoms. The van der Waals surface area contributed by atoms with E-state index in [0.29, 0.717) is 23.1 Å². The van der Waals surface area contributed by atoms with Crippen LogP contribution in [-0.2, 0) is 0 Å². The van der Waals surface area contributed by atoms with Gasteiger partial charge in [0, 0.05) is 17.8 Å². The van der Waals surface area contributed by atoms with Crippen LogP contribution in [0.3, 0.4) is 0 Å². The third kappa shape index (κ3) is 2.47. The summed E-state index contributed by atoms with van der Waals surface area (Å²) in [6.45, 7) is 1.93. The molecule has 4 heteroatoms. The lowest BCUT2D eigenvalue weighted by Crippen LogP contribution is -1.95. The molecule has 1 heterocycles. The van der Waals surface area contributed by atoms with Gasteiger partial charge < -0.3 is 15.2 Å². The molecule has 4 nitrogen and oxygen atoms in total. The molecule has 0 saturated carbocycles. The van der Waals surface area contributed by atoms with Gasteiger partial charge in [0.25, 0.3) is 0 Å². The van der Waals surface area contributed by atoms with E-state index in [2.05, 4.69) is 4.98 Å². The number of hydrogen-bond acceptors (Lipinski definition) is 4. The molecule has 17 heavy (non-hydrogen) atoms. The number of ether oxygens (including phenoxy) is 2. The van der Waals surface area contributed by atoms with Crippen molar-refractivity contribution in [3.8, 4) is 17.4 Å². The topological polar surface area (TPSA) is 57.4 Å². The van der Waals surface area contributed by atoms with E-state index in [0.717, 1.165) is 5.56 Å². The minimum Gasteiger partial charge on any atom is -0.497 e. The Morgan fingerprint density at radius 3 is 2.71 bits per heavy atom. The summed E-state index contributed by atoms with van der Waals surface area (Å²) >= 11 is 0. The van der Waals surface area contributed by atoms with E-state index < -0.39 is 0 Å². The minimum absolute atomic E-state index is 0.523. The van der Waals surface area contributed by atoms with Gasteiger partial charge in [-0.25, -0.2) is 4.98 Å². The van der Waals surface area contributed by atoms with Crippen LogP contribution < -0.4 is 15.2 Å². The number of hydrogen-bond donors (Lipinski definition) is 1. The van der Waals surface area contributed by atoms with E-state index in [1.54, 1.807) is 31.5 Å². The van der Waals surface area contributed by atoms with Crippen LogP contribution in [-0.4, -0.2) is 12.1 Å². The fraction of sp³-hybridized carbons (Fsp3) is 0.154. The highest BCUT2D eigenvalue weighted by atomic mass is 16.5. The minimum atomic E-state index is 0.523. The predicted octanol–water partition coefficient (Wildman–Crippen LogP) is 2.77. The van der Waals surface area contributed by atoms with Crippen LogP contribution in [0.25, 0.3) is 0 Å². The maximum Gasteiger partial charge on any atom is 0.222 e. The zero-order valence-corrected chi connectivity index (χ0v) is 9.81. The van der Waals surface area contributed by atoms with Crippen molar-refractivity contribution < 1.29 is 9.47 Å². The highest BCUT2D eigenvalue weighted by Crippen LogP contribution is 2.30. The third-order valence-electron chi connectivity index (χ3n) is 2.39. The average molecular weight is 230 g/mol.